The number of aromatic nitrogens is 3. The van der Waals surface area contributed by atoms with Crippen LogP contribution in [-0.2, 0) is 32.7 Å². The maximum Gasteiger partial charge on any atom is 0.129 e. The summed E-state index contributed by atoms with van der Waals surface area (Å²) in [6, 6.07) is 39.6. The summed E-state index contributed by atoms with van der Waals surface area (Å²) in [4.78, 5) is 18.9. The largest absolute Gasteiger partial charge is 0.348 e. The smallest absolute Gasteiger partial charge is 0.129 e. The van der Waals surface area contributed by atoms with Crippen molar-refractivity contribution in [2.75, 3.05) is 4.90 Å². The molecule has 37 heavy (non-hydrogen) atoms. The lowest BCUT2D eigenvalue weighted by atomic mass is 10.1. The maximum absolute atomic E-state index is 5.13. The zero-order valence-corrected chi connectivity index (χ0v) is 20.9. The highest BCUT2D eigenvalue weighted by Gasteiger charge is 2.14. The van der Waals surface area contributed by atoms with Gasteiger partial charge < -0.3 is 4.90 Å². The molecule has 5 rings (SSSR count). The first-order chi connectivity index (χ1) is 18.3. The summed E-state index contributed by atoms with van der Waals surface area (Å²) in [5.74, 6) is 0.973. The van der Waals surface area contributed by atoms with E-state index in [9.17, 15) is 0 Å². The fourth-order valence-corrected chi connectivity index (χ4v) is 4.39. The Morgan fingerprint density at radius 2 is 0.919 bits per heavy atom. The normalized spacial score (nSPS) is 10.9. The van der Waals surface area contributed by atoms with Crippen LogP contribution in [0.25, 0.3) is 0 Å². The third kappa shape index (κ3) is 7.32. The minimum atomic E-state index is 0.700. The second-order valence-corrected chi connectivity index (χ2v) is 9.10. The highest BCUT2D eigenvalue weighted by molar-refractivity contribution is 5.42. The van der Waals surface area contributed by atoms with Gasteiger partial charge in [-0.15, -0.1) is 0 Å². The molecule has 0 saturated carbocycles. The molecule has 0 bridgehead atoms. The molecule has 0 aliphatic carbocycles. The molecule has 5 aromatic rings. The zero-order valence-electron chi connectivity index (χ0n) is 20.9. The van der Waals surface area contributed by atoms with Crippen molar-refractivity contribution in [3.63, 3.8) is 0 Å². The lowest BCUT2D eigenvalue weighted by Crippen LogP contribution is -2.26. The molecule has 0 aliphatic rings. The number of rotatable bonds is 11. The SMILES string of the molecule is c1ccc(CN(Cc2ccccc2)c2cccc(CN(Cc3ccccn3)Cc3ccccn3)n2)cc1. The second kappa shape index (κ2) is 12.6. The molecular weight excluding hydrogens is 454 g/mol. The summed E-state index contributed by atoms with van der Waals surface area (Å²) in [6.07, 6.45) is 3.69. The van der Waals surface area contributed by atoms with Crippen LogP contribution in [0.1, 0.15) is 28.2 Å². The Morgan fingerprint density at radius 1 is 0.432 bits per heavy atom. The fraction of sp³-hybridized carbons (Fsp3) is 0.156. The number of pyridine rings is 3. The number of anilines is 1. The first-order valence-corrected chi connectivity index (χ1v) is 12.6. The van der Waals surface area contributed by atoms with Crippen molar-refractivity contribution in [1.82, 2.24) is 19.9 Å². The topological polar surface area (TPSA) is 45.2 Å². The van der Waals surface area contributed by atoms with Crippen LogP contribution >= 0.6 is 0 Å². The molecule has 3 aromatic heterocycles. The molecule has 3 heterocycles. The van der Waals surface area contributed by atoms with Gasteiger partial charge in [-0.2, -0.15) is 0 Å². The van der Waals surface area contributed by atoms with E-state index in [1.54, 1.807) is 0 Å². The van der Waals surface area contributed by atoms with E-state index in [-0.39, 0.29) is 0 Å². The van der Waals surface area contributed by atoms with Crippen LogP contribution in [0.4, 0.5) is 5.82 Å². The standard InChI is InChI=1S/C32H31N5/c1-3-12-27(13-4-1)22-37(23-28-14-5-2-6-15-28)32-19-11-18-31(35-32)26-36(24-29-16-7-9-20-33-29)25-30-17-8-10-21-34-30/h1-21H,22-26H2. The molecule has 0 fully saturated rings. The highest BCUT2D eigenvalue weighted by atomic mass is 15.2. The predicted octanol–water partition coefficient (Wildman–Crippen LogP) is 6.28. The van der Waals surface area contributed by atoms with Crippen LogP contribution < -0.4 is 4.90 Å². The number of nitrogens with zero attached hydrogens (tertiary/aromatic N) is 5. The Hall–Kier alpha value is -4.35. The van der Waals surface area contributed by atoms with E-state index >= 15 is 0 Å². The van der Waals surface area contributed by atoms with Crippen molar-refractivity contribution in [2.45, 2.75) is 32.7 Å². The Balaban J connectivity index is 1.39. The lowest BCUT2D eigenvalue weighted by molar-refractivity contribution is 0.239. The quantitative estimate of drug-likeness (QED) is 0.220. The molecule has 2 aromatic carbocycles. The summed E-state index contributed by atoms with van der Waals surface area (Å²) < 4.78 is 0. The Morgan fingerprint density at radius 3 is 1.43 bits per heavy atom. The molecule has 0 aliphatic heterocycles. The van der Waals surface area contributed by atoms with Crippen molar-refractivity contribution in [1.29, 1.82) is 0 Å². The van der Waals surface area contributed by atoms with E-state index < -0.39 is 0 Å². The molecular formula is C32H31N5. The van der Waals surface area contributed by atoms with Crippen LogP contribution in [-0.4, -0.2) is 19.9 Å². The van der Waals surface area contributed by atoms with Gasteiger partial charge in [0, 0.05) is 45.1 Å². The first kappa shape index (κ1) is 24.3. The summed E-state index contributed by atoms with van der Waals surface area (Å²) in [5, 5.41) is 0. The van der Waals surface area contributed by atoms with Crippen LogP contribution in [0.3, 0.4) is 0 Å². The van der Waals surface area contributed by atoms with Crippen molar-refractivity contribution >= 4 is 5.82 Å². The van der Waals surface area contributed by atoms with E-state index in [4.69, 9.17) is 4.98 Å². The Kier molecular flexibility index (Phi) is 8.27. The van der Waals surface area contributed by atoms with Crippen molar-refractivity contribution in [3.05, 3.63) is 156 Å². The van der Waals surface area contributed by atoms with E-state index in [1.165, 1.54) is 11.1 Å². The van der Waals surface area contributed by atoms with Gasteiger partial charge in [-0.1, -0.05) is 78.9 Å². The fourth-order valence-electron chi connectivity index (χ4n) is 4.39. The van der Waals surface area contributed by atoms with Gasteiger partial charge >= 0.3 is 0 Å². The van der Waals surface area contributed by atoms with Gasteiger partial charge in [0.05, 0.1) is 17.1 Å². The van der Waals surface area contributed by atoms with Crippen LogP contribution in [0.15, 0.2) is 128 Å². The summed E-state index contributed by atoms with van der Waals surface area (Å²) in [6.45, 7) is 3.73. The van der Waals surface area contributed by atoms with Crippen molar-refractivity contribution in [2.24, 2.45) is 0 Å². The lowest BCUT2D eigenvalue weighted by Gasteiger charge is -2.26. The zero-order chi connectivity index (χ0) is 25.1. The van der Waals surface area contributed by atoms with Gasteiger partial charge in [0.25, 0.3) is 0 Å². The van der Waals surface area contributed by atoms with Gasteiger partial charge in [0.2, 0.25) is 0 Å². The average Bonchev–Trinajstić information content (AvgIpc) is 2.95. The Bertz CT molecular complexity index is 1260. The number of benzene rings is 2. The van der Waals surface area contributed by atoms with Crippen LogP contribution in [0.2, 0.25) is 0 Å². The minimum Gasteiger partial charge on any atom is -0.348 e. The summed E-state index contributed by atoms with van der Waals surface area (Å²) in [7, 11) is 0. The van der Waals surface area contributed by atoms with Gasteiger partial charge in [0.15, 0.2) is 0 Å². The molecule has 0 atom stereocenters. The molecule has 0 unspecified atom stereocenters. The van der Waals surface area contributed by atoms with Crippen LogP contribution in [0, 0.1) is 0 Å². The molecule has 5 nitrogen and oxygen atoms in total. The molecule has 0 saturated heterocycles. The number of hydrogen-bond acceptors (Lipinski definition) is 5. The third-order valence-electron chi connectivity index (χ3n) is 6.16. The highest BCUT2D eigenvalue weighted by Crippen LogP contribution is 2.20. The first-order valence-electron chi connectivity index (χ1n) is 12.6. The number of hydrogen-bond donors (Lipinski definition) is 0. The predicted molar refractivity (Wildman–Crippen MR) is 148 cm³/mol. The minimum absolute atomic E-state index is 0.700. The van der Waals surface area contributed by atoms with E-state index in [0.717, 1.165) is 49.1 Å². The average molecular weight is 486 g/mol. The van der Waals surface area contributed by atoms with Crippen molar-refractivity contribution in [3.8, 4) is 0 Å². The monoisotopic (exact) mass is 485 g/mol. The van der Waals surface area contributed by atoms with Crippen LogP contribution in [0.5, 0.6) is 0 Å². The third-order valence-corrected chi connectivity index (χ3v) is 6.16. The molecule has 0 radical (unpaired) electrons. The molecule has 0 N–H and O–H groups in total. The summed E-state index contributed by atoms with van der Waals surface area (Å²) >= 11 is 0. The second-order valence-electron chi connectivity index (χ2n) is 9.10. The molecule has 0 amide bonds. The summed E-state index contributed by atoms with van der Waals surface area (Å²) in [5.41, 5.74) is 5.61. The van der Waals surface area contributed by atoms with E-state index in [0.29, 0.717) is 6.54 Å². The van der Waals surface area contributed by atoms with Gasteiger partial charge in [-0.05, 0) is 47.5 Å². The maximum atomic E-state index is 5.13. The van der Waals surface area contributed by atoms with Crippen molar-refractivity contribution < 1.29 is 0 Å². The molecule has 5 heteroatoms. The molecule has 184 valence electrons. The molecule has 0 spiro atoms. The van der Waals surface area contributed by atoms with E-state index in [1.807, 2.05) is 36.7 Å². The van der Waals surface area contributed by atoms with Gasteiger partial charge in [-0.25, -0.2) is 4.98 Å². The van der Waals surface area contributed by atoms with E-state index in [2.05, 4.69) is 111 Å². The Labute approximate surface area is 219 Å². The van der Waals surface area contributed by atoms with Gasteiger partial charge in [0.1, 0.15) is 5.82 Å². The van der Waals surface area contributed by atoms with Gasteiger partial charge in [-0.3, -0.25) is 14.9 Å².